The van der Waals surface area contributed by atoms with Crippen molar-refractivity contribution in [2.75, 3.05) is 11.9 Å². The Labute approximate surface area is 119 Å². The van der Waals surface area contributed by atoms with Crippen LogP contribution in [0.1, 0.15) is 5.56 Å². The van der Waals surface area contributed by atoms with Gasteiger partial charge in [-0.3, -0.25) is 0 Å². The van der Waals surface area contributed by atoms with Crippen LogP contribution in [0.3, 0.4) is 0 Å². The monoisotopic (exact) mass is 327 g/mol. The summed E-state index contributed by atoms with van der Waals surface area (Å²) in [5, 5.41) is 0. The van der Waals surface area contributed by atoms with Crippen LogP contribution in [0.5, 0.6) is 0 Å². The minimum absolute atomic E-state index is 0.238. The Morgan fingerprint density at radius 3 is 2.56 bits per heavy atom. The van der Waals surface area contributed by atoms with Crippen molar-refractivity contribution in [3.05, 3.63) is 58.3 Å². The standard InChI is InChI=1S/C14H12BrClFN/c1-18(14-5-3-2-4-13(14)17)11-7-6-10(9-16)12(15)8-11/h2-8H,9H2,1H3. The fourth-order valence-corrected chi connectivity index (χ4v) is 2.62. The Balaban J connectivity index is 2.37. The van der Waals surface area contributed by atoms with Crippen LogP contribution in [-0.2, 0) is 5.88 Å². The van der Waals surface area contributed by atoms with Crippen LogP contribution < -0.4 is 4.90 Å². The number of alkyl halides is 1. The predicted molar refractivity (Wildman–Crippen MR) is 78.2 cm³/mol. The summed E-state index contributed by atoms with van der Waals surface area (Å²) in [6, 6.07) is 12.5. The minimum atomic E-state index is -0.238. The number of nitrogens with zero attached hydrogens (tertiary/aromatic N) is 1. The van der Waals surface area contributed by atoms with Crippen molar-refractivity contribution in [2.24, 2.45) is 0 Å². The maximum absolute atomic E-state index is 13.7. The van der Waals surface area contributed by atoms with E-state index in [9.17, 15) is 4.39 Å². The van der Waals surface area contributed by atoms with Crippen molar-refractivity contribution >= 4 is 38.9 Å². The largest absolute Gasteiger partial charge is 0.342 e. The van der Waals surface area contributed by atoms with E-state index in [-0.39, 0.29) is 5.82 Å². The molecule has 1 nitrogen and oxygen atoms in total. The molecule has 0 aliphatic heterocycles. The van der Waals surface area contributed by atoms with Gasteiger partial charge in [0.2, 0.25) is 0 Å². The molecule has 0 radical (unpaired) electrons. The molecule has 0 aromatic heterocycles. The van der Waals surface area contributed by atoms with Crippen LogP contribution in [0.15, 0.2) is 46.9 Å². The molecule has 0 fully saturated rings. The zero-order valence-corrected chi connectivity index (χ0v) is 12.2. The number of hydrogen-bond acceptors (Lipinski definition) is 1. The minimum Gasteiger partial charge on any atom is -0.342 e. The van der Waals surface area contributed by atoms with Crippen LogP contribution in [0, 0.1) is 5.82 Å². The number of anilines is 2. The highest BCUT2D eigenvalue weighted by Crippen LogP contribution is 2.30. The van der Waals surface area contributed by atoms with Gasteiger partial charge in [-0.25, -0.2) is 4.39 Å². The van der Waals surface area contributed by atoms with E-state index in [1.807, 2.05) is 31.3 Å². The molecule has 0 aliphatic rings. The molecular formula is C14H12BrClFN. The summed E-state index contributed by atoms with van der Waals surface area (Å²) in [5.74, 6) is 0.210. The Kier molecular flexibility index (Phi) is 4.25. The van der Waals surface area contributed by atoms with Crippen molar-refractivity contribution in [3.8, 4) is 0 Å². The second kappa shape index (κ2) is 5.72. The Bertz CT molecular complexity index is 559. The van der Waals surface area contributed by atoms with Gasteiger partial charge in [-0.1, -0.05) is 34.1 Å². The van der Waals surface area contributed by atoms with E-state index in [1.165, 1.54) is 6.07 Å². The van der Waals surface area contributed by atoms with Crippen LogP contribution in [0.4, 0.5) is 15.8 Å². The van der Waals surface area contributed by atoms with E-state index in [0.717, 1.165) is 15.7 Å². The van der Waals surface area contributed by atoms with Crippen LogP contribution >= 0.6 is 27.5 Å². The van der Waals surface area contributed by atoms with Gasteiger partial charge in [0.25, 0.3) is 0 Å². The zero-order chi connectivity index (χ0) is 13.1. The van der Waals surface area contributed by atoms with Gasteiger partial charge < -0.3 is 4.90 Å². The van der Waals surface area contributed by atoms with E-state index in [2.05, 4.69) is 15.9 Å². The van der Waals surface area contributed by atoms with E-state index in [1.54, 1.807) is 17.0 Å². The third-order valence-electron chi connectivity index (χ3n) is 2.78. The molecule has 0 N–H and O–H groups in total. The molecule has 2 aromatic rings. The molecule has 94 valence electrons. The molecular weight excluding hydrogens is 317 g/mol. The van der Waals surface area contributed by atoms with Crippen LogP contribution in [0.25, 0.3) is 0 Å². The second-order valence-corrected chi connectivity index (χ2v) is 5.04. The number of benzene rings is 2. The Hall–Kier alpha value is -1.06. The van der Waals surface area contributed by atoms with Crippen molar-refractivity contribution in [1.29, 1.82) is 0 Å². The second-order valence-electron chi connectivity index (χ2n) is 3.92. The summed E-state index contributed by atoms with van der Waals surface area (Å²) < 4.78 is 14.6. The van der Waals surface area contributed by atoms with Gasteiger partial charge in [-0.15, -0.1) is 11.6 Å². The molecule has 0 heterocycles. The topological polar surface area (TPSA) is 3.24 Å². The van der Waals surface area contributed by atoms with Gasteiger partial charge in [0.1, 0.15) is 5.82 Å². The van der Waals surface area contributed by atoms with Gasteiger partial charge in [0, 0.05) is 23.1 Å². The predicted octanol–water partition coefficient (Wildman–Crippen LogP) is 5.09. The summed E-state index contributed by atoms with van der Waals surface area (Å²) in [7, 11) is 1.83. The molecule has 0 atom stereocenters. The van der Waals surface area contributed by atoms with Gasteiger partial charge in [-0.2, -0.15) is 0 Å². The normalized spacial score (nSPS) is 10.4. The molecule has 0 aliphatic carbocycles. The summed E-state index contributed by atoms with van der Waals surface area (Å²) >= 11 is 9.26. The van der Waals surface area contributed by atoms with E-state index < -0.39 is 0 Å². The first-order valence-electron chi connectivity index (χ1n) is 5.46. The molecule has 0 saturated carbocycles. The summed E-state index contributed by atoms with van der Waals surface area (Å²) in [5.41, 5.74) is 2.46. The third kappa shape index (κ3) is 2.68. The molecule has 2 aromatic carbocycles. The maximum Gasteiger partial charge on any atom is 0.146 e. The fraction of sp³-hybridized carbons (Fsp3) is 0.143. The molecule has 0 unspecified atom stereocenters. The number of hydrogen-bond donors (Lipinski definition) is 0. The molecule has 0 saturated heterocycles. The zero-order valence-electron chi connectivity index (χ0n) is 9.83. The average Bonchev–Trinajstić information content (AvgIpc) is 2.38. The van der Waals surface area contributed by atoms with Gasteiger partial charge in [0.05, 0.1) is 5.69 Å². The lowest BCUT2D eigenvalue weighted by Crippen LogP contribution is -2.11. The lowest BCUT2D eigenvalue weighted by Gasteiger charge is -2.20. The highest BCUT2D eigenvalue weighted by atomic mass is 79.9. The number of rotatable bonds is 3. The quantitative estimate of drug-likeness (QED) is 0.709. The van der Waals surface area contributed by atoms with Gasteiger partial charge in [-0.05, 0) is 29.8 Å². The first-order valence-corrected chi connectivity index (χ1v) is 6.79. The maximum atomic E-state index is 13.7. The van der Waals surface area contributed by atoms with Gasteiger partial charge in [0.15, 0.2) is 0 Å². The lowest BCUT2D eigenvalue weighted by molar-refractivity contribution is 0.627. The number of para-hydroxylation sites is 1. The Morgan fingerprint density at radius 1 is 1.22 bits per heavy atom. The molecule has 4 heteroatoms. The SMILES string of the molecule is CN(c1ccc(CCl)c(Br)c1)c1ccccc1F. The van der Waals surface area contributed by atoms with Crippen LogP contribution in [0.2, 0.25) is 0 Å². The third-order valence-corrected chi connectivity index (χ3v) is 3.81. The van der Waals surface area contributed by atoms with Crippen molar-refractivity contribution in [2.45, 2.75) is 5.88 Å². The fourth-order valence-electron chi connectivity index (χ4n) is 1.72. The summed E-state index contributed by atoms with van der Waals surface area (Å²) in [6.07, 6.45) is 0. The molecule has 0 spiro atoms. The van der Waals surface area contributed by atoms with Crippen molar-refractivity contribution in [3.63, 3.8) is 0 Å². The molecule has 0 bridgehead atoms. The number of halogens is 3. The van der Waals surface area contributed by atoms with E-state index in [0.29, 0.717) is 11.6 Å². The summed E-state index contributed by atoms with van der Waals surface area (Å²) in [6.45, 7) is 0. The average molecular weight is 329 g/mol. The molecule has 2 rings (SSSR count). The molecule has 0 amide bonds. The van der Waals surface area contributed by atoms with Crippen molar-refractivity contribution in [1.82, 2.24) is 0 Å². The van der Waals surface area contributed by atoms with Crippen LogP contribution in [-0.4, -0.2) is 7.05 Å². The highest BCUT2D eigenvalue weighted by Gasteiger charge is 2.10. The Morgan fingerprint density at radius 2 is 1.94 bits per heavy atom. The smallest absolute Gasteiger partial charge is 0.146 e. The van der Waals surface area contributed by atoms with Gasteiger partial charge >= 0.3 is 0 Å². The van der Waals surface area contributed by atoms with E-state index in [4.69, 9.17) is 11.6 Å². The first kappa shape index (κ1) is 13.4. The molecule has 18 heavy (non-hydrogen) atoms. The summed E-state index contributed by atoms with van der Waals surface area (Å²) in [4.78, 5) is 1.80. The first-order chi connectivity index (χ1) is 8.63. The lowest BCUT2D eigenvalue weighted by atomic mass is 10.2. The van der Waals surface area contributed by atoms with E-state index >= 15 is 0 Å². The van der Waals surface area contributed by atoms with Crippen molar-refractivity contribution < 1.29 is 4.39 Å². The highest BCUT2D eigenvalue weighted by molar-refractivity contribution is 9.10.